The van der Waals surface area contributed by atoms with Crippen molar-refractivity contribution in [3.8, 4) is 0 Å². The molecule has 1 atom stereocenters. The van der Waals surface area contributed by atoms with E-state index in [-0.39, 0.29) is 30.1 Å². The van der Waals surface area contributed by atoms with Gasteiger partial charge in [0.25, 0.3) is 0 Å². The van der Waals surface area contributed by atoms with E-state index in [2.05, 4.69) is 64.9 Å². The summed E-state index contributed by atoms with van der Waals surface area (Å²) in [5.41, 5.74) is 2.55. The maximum Gasteiger partial charge on any atom is 0.191 e. The molecule has 0 bridgehead atoms. The molecule has 0 radical (unpaired) electrons. The van der Waals surface area contributed by atoms with E-state index in [1.54, 1.807) is 7.11 Å². The summed E-state index contributed by atoms with van der Waals surface area (Å²) in [6, 6.07) is 21.5. The first-order valence-electron chi connectivity index (χ1n) is 10.7. The van der Waals surface area contributed by atoms with E-state index in [0.29, 0.717) is 12.6 Å². The fourth-order valence-electron chi connectivity index (χ4n) is 3.75. The van der Waals surface area contributed by atoms with E-state index in [0.717, 1.165) is 50.5 Å². The molecule has 0 aliphatic carbocycles. The van der Waals surface area contributed by atoms with Gasteiger partial charge >= 0.3 is 0 Å². The molecule has 0 amide bonds. The quantitative estimate of drug-likeness (QED) is 0.310. The fourth-order valence-corrected chi connectivity index (χ4v) is 3.75. The highest BCUT2D eigenvalue weighted by molar-refractivity contribution is 14.0. The van der Waals surface area contributed by atoms with Gasteiger partial charge < -0.3 is 15.4 Å². The normalized spacial score (nSPS) is 16.5. The van der Waals surface area contributed by atoms with Gasteiger partial charge in [0, 0.05) is 39.3 Å². The first kappa shape index (κ1) is 24.6. The Balaban J connectivity index is 0.00000320. The van der Waals surface area contributed by atoms with Crippen LogP contribution in [0.25, 0.3) is 0 Å². The Morgan fingerprint density at radius 3 is 2.30 bits per heavy atom. The minimum absolute atomic E-state index is 0. The van der Waals surface area contributed by atoms with Gasteiger partial charge in [0.1, 0.15) is 6.10 Å². The zero-order valence-electron chi connectivity index (χ0n) is 18.1. The zero-order chi connectivity index (χ0) is 20.3. The van der Waals surface area contributed by atoms with Crippen LogP contribution >= 0.6 is 24.0 Å². The molecule has 1 saturated heterocycles. The van der Waals surface area contributed by atoms with Gasteiger partial charge in [-0.1, -0.05) is 60.7 Å². The Morgan fingerprint density at radius 1 is 1.07 bits per heavy atom. The van der Waals surface area contributed by atoms with Crippen molar-refractivity contribution in [1.29, 1.82) is 0 Å². The van der Waals surface area contributed by atoms with E-state index in [1.165, 1.54) is 5.56 Å². The van der Waals surface area contributed by atoms with E-state index in [1.807, 2.05) is 18.2 Å². The second kappa shape index (κ2) is 13.6. The van der Waals surface area contributed by atoms with Crippen molar-refractivity contribution in [2.24, 2.45) is 4.99 Å². The molecule has 6 heteroatoms. The Kier molecular flexibility index (Phi) is 11.2. The summed E-state index contributed by atoms with van der Waals surface area (Å²) in [6.07, 6.45) is 2.23. The third-order valence-corrected chi connectivity index (χ3v) is 5.39. The molecule has 2 N–H and O–H groups in total. The van der Waals surface area contributed by atoms with Crippen LogP contribution in [0.2, 0.25) is 0 Å². The lowest BCUT2D eigenvalue weighted by Crippen LogP contribution is -2.48. The molecule has 5 nitrogen and oxygen atoms in total. The largest absolute Gasteiger partial charge is 0.375 e. The molecule has 0 spiro atoms. The van der Waals surface area contributed by atoms with Gasteiger partial charge in [-0.05, 0) is 30.9 Å². The van der Waals surface area contributed by atoms with Crippen LogP contribution in [0.4, 0.5) is 0 Å². The highest BCUT2D eigenvalue weighted by atomic mass is 127. The second-order valence-electron chi connectivity index (χ2n) is 7.54. The number of ether oxygens (including phenoxy) is 1. The molecule has 1 fully saturated rings. The number of hydrogen-bond acceptors (Lipinski definition) is 3. The molecular formula is C24H35IN4O. The second-order valence-corrected chi connectivity index (χ2v) is 7.54. The summed E-state index contributed by atoms with van der Waals surface area (Å²) >= 11 is 0. The summed E-state index contributed by atoms with van der Waals surface area (Å²) < 4.78 is 5.66. The molecule has 1 aliphatic rings. The number of guanidine groups is 1. The van der Waals surface area contributed by atoms with Gasteiger partial charge in [-0.15, -0.1) is 24.0 Å². The standard InChI is InChI=1S/C24H34N4O.HI/c1-3-25-24(26-18-23(29-2)21-12-8-5-9-13-21)27-22-14-16-28(17-15-22)19-20-10-6-4-7-11-20;/h4-13,22-23H,3,14-19H2,1-2H3,(H2,25,26,27);1H. The molecule has 2 aromatic rings. The predicted octanol–water partition coefficient (Wildman–Crippen LogP) is 4.21. The van der Waals surface area contributed by atoms with Crippen LogP contribution in [-0.2, 0) is 11.3 Å². The fraction of sp³-hybridized carbons (Fsp3) is 0.458. The van der Waals surface area contributed by atoms with Gasteiger partial charge in [0.2, 0.25) is 0 Å². The third kappa shape index (κ3) is 7.89. The summed E-state index contributed by atoms with van der Waals surface area (Å²) in [5.74, 6) is 0.881. The first-order valence-corrected chi connectivity index (χ1v) is 10.7. The van der Waals surface area contributed by atoms with Crippen molar-refractivity contribution >= 4 is 29.9 Å². The van der Waals surface area contributed by atoms with Crippen molar-refractivity contribution in [3.05, 3.63) is 71.8 Å². The Labute approximate surface area is 198 Å². The SMILES string of the molecule is CCNC(=NCC(OC)c1ccccc1)NC1CCN(Cc2ccccc2)CC1.I. The molecular weight excluding hydrogens is 487 g/mol. The highest BCUT2D eigenvalue weighted by Gasteiger charge is 2.20. The number of halogens is 1. The van der Waals surface area contributed by atoms with E-state index >= 15 is 0 Å². The van der Waals surface area contributed by atoms with Crippen LogP contribution in [0.3, 0.4) is 0 Å². The molecule has 164 valence electrons. The number of methoxy groups -OCH3 is 1. The Hall–Kier alpha value is -1.64. The van der Waals surface area contributed by atoms with Crippen LogP contribution in [0.1, 0.15) is 37.0 Å². The van der Waals surface area contributed by atoms with Crippen LogP contribution < -0.4 is 10.6 Å². The van der Waals surface area contributed by atoms with Gasteiger partial charge in [-0.2, -0.15) is 0 Å². The van der Waals surface area contributed by atoms with Crippen LogP contribution in [0.15, 0.2) is 65.7 Å². The number of likely N-dealkylation sites (tertiary alicyclic amines) is 1. The number of nitrogens with zero attached hydrogens (tertiary/aromatic N) is 2. The molecule has 2 aromatic carbocycles. The number of piperidine rings is 1. The van der Waals surface area contributed by atoms with E-state index in [9.17, 15) is 0 Å². The molecule has 3 rings (SSSR count). The Morgan fingerprint density at radius 2 is 1.70 bits per heavy atom. The number of rotatable bonds is 8. The minimum atomic E-state index is -0.0284. The van der Waals surface area contributed by atoms with Crippen molar-refractivity contribution in [2.45, 2.75) is 38.5 Å². The van der Waals surface area contributed by atoms with E-state index < -0.39 is 0 Å². The molecule has 30 heavy (non-hydrogen) atoms. The third-order valence-electron chi connectivity index (χ3n) is 5.39. The maximum absolute atomic E-state index is 5.66. The van der Waals surface area contributed by atoms with Crippen LogP contribution in [0.5, 0.6) is 0 Å². The van der Waals surface area contributed by atoms with Gasteiger partial charge in [-0.3, -0.25) is 9.89 Å². The van der Waals surface area contributed by atoms with Crippen molar-refractivity contribution in [1.82, 2.24) is 15.5 Å². The topological polar surface area (TPSA) is 48.9 Å². The number of hydrogen-bond donors (Lipinski definition) is 2. The monoisotopic (exact) mass is 522 g/mol. The number of aliphatic imine (C=N–C) groups is 1. The lowest BCUT2D eigenvalue weighted by atomic mass is 10.0. The number of nitrogens with one attached hydrogen (secondary N) is 2. The predicted molar refractivity (Wildman–Crippen MR) is 135 cm³/mol. The lowest BCUT2D eigenvalue weighted by Gasteiger charge is -2.33. The van der Waals surface area contributed by atoms with Crippen molar-refractivity contribution in [2.75, 3.05) is 33.3 Å². The number of benzene rings is 2. The molecule has 0 saturated carbocycles. The Bertz CT molecular complexity index is 733. The van der Waals surface area contributed by atoms with Crippen molar-refractivity contribution in [3.63, 3.8) is 0 Å². The van der Waals surface area contributed by atoms with Crippen LogP contribution in [-0.4, -0.2) is 50.2 Å². The molecule has 1 aliphatic heterocycles. The first-order chi connectivity index (χ1) is 14.3. The van der Waals surface area contributed by atoms with E-state index in [4.69, 9.17) is 9.73 Å². The van der Waals surface area contributed by atoms with Gasteiger partial charge in [0.05, 0.1) is 6.54 Å². The van der Waals surface area contributed by atoms with Gasteiger partial charge in [-0.25, -0.2) is 0 Å². The average Bonchev–Trinajstić information content (AvgIpc) is 2.77. The zero-order valence-corrected chi connectivity index (χ0v) is 20.4. The highest BCUT2D eigenvalue weighted by Crippen LogP contribution is 2.17. The summed E-state index contributed by atoms with van der Waals surface area (Å²) in [5, 5.41) is 7.01. The molecule has 0 aromatic heterocycles. The minimum Gasteiger partial charge on any atom is -0.375 e. The molecule has 1 unspecified atom stereocenters. The maximum atomic E-state index is 5.66. The average molecular weight is 522 g/mol. The van der Waals surface area contributed by atoms with Crippen LogP contribution in [0, 0.1) is 0 Å². The smallest absolute Gasteiger partial charge is 0.191 e. The molecule has 1 heterocycles. The summed E-state index contributed by atoms with van der Waals surface area (Å²) in [4.78, 5) is 7.33. The van der Waals surface area contributed by atoms with Gasteiger partial charge in [0.15, 0.2) is 5.96 Å². The van der Waals surface area contributed by atoms with Crippen molar-refractivity contribution < 1.29 is 4.74 Å². The summed E-state index contributed by atoms with van der Waals surface area (Å²) in [6.45, 7) is 6.80. The summed E-state index contributed by atoms with van der Waals surface area (Å²) in [7, 11) is 1.75. The lowest BCUT2D eigenvalue weighted by molar-refractivity contribution is 0.111.